The van der Waals surface area contributed by atoms with Crippen molar-refractivity contribution in [3.05, 3.63) is 78.8 Å². The van der Waals surface area contributed by atoms with Crippen molar-refractivity contribution in [3.63, 3.8) is 0 Å². The molecule has 4 aromatic rings. The molecule has 0 radical (unpaired) electrons. The van der Waals surface area contributed by atoms with E-state index in [0.717, 1.165) is 29.0 Å². The normalized spacial score (nSPS) is 15.7. The Balaban J connectivity index is 1.40. The third-order valence-corrected chi connectivity index (χ3v) is 5.42. The summed E-state index contributed by atoms with van der Waals surface area (Å²) in [4.78, 5) is 22.0. The molecule has 0 spiro atoms. The lowest BCUT2D eigenvalue weighted by molar-refractivity contribution is -0.125. The van der Waals surface area contributed by atoms with E-state index < -0.39 is 6.10 Å². The van der Waals surface area contributed by atoms with Gasteiger partial charge in [-0.1, -0.05) is 18.2 Å². The fourth-order valence-electron chi connectivity index (χ4n) is 3.89. The van der Waals surface area contributed by atoms with Crippen molar-refractivity contribution in [2.24, 2.45) is 0 Å². The molecule has 1 unspecified atom stereocenters. The lowest BCUT2D eigenvalue weighted by Gasteiger charge is -2.33. The highest BCUT2D eigenvalue weighted by Crippen LogP contribution is 2.37. The van der Waals surface area contributed by atoms with Gasteiger partial charge in [0.2, 0.25) is 0 Å². The molecular formula is C24H22N4O2. The molecular weight excluding hydrogens is 376 g/mol. The summed E-state index contributed by atoms with van der Waals surface area (Å²) in [6.45, 7) is 2.39. The molecule has 1 aliphatic rings. The summed E-state index contributed by atoms with van der Waals surface area (Å²) in [5.74, 6) is 0.692. The van der Waals surface area contributed by atoms with E-state index >= 15 is 0 Å². The molecule has 2 N–H and O–H groups in total. The zero-order valence-corrected chi connectivity index (χ0v) is 16.6. The SMILES string of the molecule is CC1Oc2cc(Nc3ccncc3)ccc2N(CCc2c[nH]c3ccccc23)C1=O. The van der Waals surface area contributed by atoms with Crippen LogP contribution in [0, 0.1) is 0 Å². The van der Waals surface area contributed by atoms with Crippen LogP contribution in [0.25, 0.3) is 10.9 Å². The number of aromatic amines is 1. The molecule has 6 heteroatoms. The zero-order valence-electron chi connectivity index (χ0n) is 16.6. The summed E-state index contributed by atoms with van der Waals surface area (Å²) in [5, 5.41) is 4.54. The van der Waals surface area contributed by atoms with Crippen LogP contribution < -0.4 is 15.0 Å². The highest BCUT2D eigenvalue weighted by atomic mass is 16.5. The topological polar surface area (TPSA) is 70.2 Å². The second-order valence-corrected chi connectivity index (χ2v) is 7.40. The molecule has 0 aliphatic carbocycles. The number of hydrogen-bond acceptors (Lipinski definition) is 4. The number of nitrogens with zero attached hydrogens (tertiary/aromatic N) is 2. The first kappa shape index (κ1) is 18.2. The number of carbonyl (C=O) groups excluding carboxylic acids is 1. The van der Waals surface area contributed by atoms with Gasteiger partial charge in [0.1, 0.15) is 5.75 Å². The van der Waals surface area contributed by atoms with Crippen molar-refractivity contribution < 1.29 is 9.53 Å². The van der Waals surface area contributed by atoms with Crippen molar-refractivity contribution in [2.75, 3.05) is 16.8 Å². The first-order valence-electron chi connectivity index (χ1n) is 10.0. The van der Waals surface area contributed by atoms with Gasteiger partial charge in [-0.25, -0.2) is 0 Å². The van der Waals surface area contributed by atoms with E-state index in [1.807, 2.05) is 53.6 Å². The van der Waals surface area contributed by atoms with Gasteiger partial charge in [0, 0.05) is 53.5 Å². The number of anilines is 3. The van der Waals surface area contributed by atoms with Crippen LogP contribution in [0.1, 0.15) is 12.5 Å². The van der Waals surface area contributed by atoms with E-state index in [2.05, 4.69) is 27.4 Å². The standard InChI is InChI=1S/C24H22N4O2/c1-16-24(29)28(13-10-17-15-26-21-5-3-2-4-20(17)21)22-7-6-19(14-23(22)30-16)27-18-8-11-25-12-9-18/h2-9,11-12,14-16,26H,10,13H2,1H3,(H,25,27). The molecule has 5 rings (SSSR count). The molecule has 0 saturated heterocycles. The Morgan fingerprint density at radius 2 is 1.93 bits per heavy atom. The largest absolute Gasteiger partial charge is 0.479 e. The maximum Gasteiger partial charge on any atom is 0.267 e. The number of para-hydroxylation sites is 1. The third-order valence-electron chi connectivity index (χ3n) is 5.42. The van der Waals surface area contributed by atoms with Crippen molar-refractivity contribution in [2.45, 2.75) is 19.4 Å². The molecule has 2 aromatic heterocycles. The van der Waals surface area contributed by atoms with Crippen molar-refractivity contribution in [3.8, 4) is 5.75 Å². The Labute approximate surface area is 174 Å². The van der Waals surface area contributed by atoms with Crippen LogP contribution in [-0.4, -0.2) is 28.5 Å². The van der Waals surface area contributed by atoms with E-state index in [1.54, 1.807) is 19.3 Å². The molecule has 1 atom stereocenters. The number of carbonyl (C=O) groups is 1. The van der Waals surface area contributed by atoms with E-state index in [4.69, 9.17) is 4.74 Å². The van der Waals surface area contributed by atoms with Crippen LogP contribution in [0.2, 0.25) is 0 Å². The van der Waals surface area contributed by atoms with Gasteiger partial charge in [-0.05, 0) is 49.2 Å². The Bertz CT molecular complexity index is 1200. The molecule has 3 heterocycles. The van der Waals surface area contributed by atoms with Crippen LogP contribution in [0.15, 0.2) is 73.2 Å². The van der Waals surface area contributed by atoms with Gasteiger partial charge in [-0.3, -0.25) is 9.78 Å². The predicted octanol–water partition coefficient (Wildman–Crippen LogP) is 4.66. The average Bonchev–Trinajstić information content (AvgIpc) is 3.18. The molecule has 150 valence electrons. The molecule has 6 nitrogen and oxygen atoms in total. The maximum absolute atomic E-state index is 12.9. The van der Waals surface area contributed by atoms with Crippen LogP contribution in [0.3, 0.4) is 0 Å². The van der Waals surface area contributed by atoms with Gasteiger partial charge in [0.15, 0.2) is 6.10 Å². The van der Waals surface area contributed by atoms with Crippen molar-refractivity contribution >= 4 is 33.9 Å². The van der Waals surface area contributed by atoms with Crippen LogP contribution in [0.4, 0.5) is 17.1 Å². The Hall–Kier alpha value is -3.80. The number of rotatable bonds is 5. The summed E-state index contributed by atoms with van der Waals surface area (Å²) >= 11 is 0. The molecule has 30 heavy (non-hydrogen) atoms. The summed E-state index contributed by atoms with van der Waals surface area (Å²) in [6, 6.07) is 17.9. The van der Waals surface area contributed by atoms with Crippen LogP contribution in [-0.2, 0) is 11.2 Å². The fraction of sp³-hybridized carbons (Fsp3) is 0.167. The van der Waals surface area contributed by atoms with Crippen LogP contribution in [0.5, 0.6) is 5.75 Å². The number of fused-ring (bicyclic) bond motifs is 2. The second kappa shape index (κ2) is 7.55. The number of benzene rings is 2. The molecule has 0 bridgehead atoms. The summed E-state index contributed by atoms with van der Waals surface area (Å²) < 4.78 is 5.91. The predicted molar refractivity (Wildman–Crippen MR) is 118 cm³/mol. The number of amides is 1. The quantitative estimate of drug-likeness (QED) is 0.513. The Kier molecular flexibility index (Phi) is 4.59. The van der Waals surface area contributed by atoms with Gasteiger partial charge < -0.3 is 19.9 Å². The highest BCUT2D eigenvalue weighted by Gasteiger charge is 2.31. The Morgan fingerprint density at radius 3 is 2.80 bits per heavy atom. The number of pyridine rings is 1. The molecule has 2 aromatic carbocycles. The first-order valence-corrected chi connectivity index (χ1v) is 10.0. The average molecular weight is 398 g/mol. The summed E-state index contributed by atoms with van der Waals surface area (Å²) in [5.41, 5.74) is 4.97. The number of nitrogens with one attached hydrogen (secondary N) is 2. The minimum atomic E-state index is -0.517. The number of ether oxygens (including phenoxy) is 1. The molecule has 0 saturated carbocycles. The molecule has 1 aliphatic heterocycles. The van der Waals surface area contributed by atoms with Gasteiger partial charge in [0.25, 0.3) is 5.91 Å². The van der Waals surface area contributed by atoms with E-state index in [9.17, 15) is 4.79 Å². The smallest absolute Gasteiger partial charge is 0.267 e. The molecule has 0 fully saturated rings. The third kappa shape index (κ3) is 3.37. The van der Waals surface area contributed by atoms with Crippen LogP contribution >= 0.6 is 0 Å². The highest BCUT2D eigenvalue weighted by molar-refractivity contribution is 6.00. The van der Waals surface area contributed by atoms with E-state index in [1.165, 1.54) is 10.9 Å². The second-order valence-electron chi connectivity index (χ2n) is 7.40. The first-order chi connectivity index (χ1) is 14.7. The summed E-state index contributed by atoms with van der Waals surface area (Å²) in [7, 11) is 0. The molecule has 1 amide bonds. The minimum absolute atomic E-state index is 0.0165. The fourth-order valence-corrected chi connectivity index (χ4v) is 3.89. The monoisotopic (exact) mass is 398 g/mol. The lowest BCUT2D eigenvalue weighted by Crippen LogP contribution is -2.45. The minimum Gasteiger partial charge on any atom is -0.479 e. The summed E-state index contributed by atoms with van der Waals surface area (Å²) in [6.07, 6.45) is 5.76. The van der Waals surface area contributed by atoms with E-state index in [-0.39, 0.29) is 5.91 Å². The van der Waals surface area contributed by atoms with Gasteiger partial charge in [-0.2, -0.15) is 0 Å². The van der Waals surface area contributed by atoms with Gasteiger partial charge >= 0.3 is 0 Å². The Morgan fingerprint density at radius 1 is 1.10 bits per heavy atom. The number of hydrogen-bond donors (Lipinski definition) is 2. The number of H-pyrrole nitrogens is 1. The lowest BCUT2D eigenvalue weighted by atomic mass is 10.1. The van der Waals surface area contributed by atoms with Crippen molar-refractivity contribution in [1.29, 1.82) is 0 Å². The van der Waals surface area contributed by atoms with Crippen molar-refractivity contribution in [1.82, 2.24) is 9.97 Å². The van der Waals surface area contributed by atoms with E-state index in [0.29, 0.717) is 12.3 Å². The number of aromatic nitrogens is 2. The maximum atomic E-state index is 12.9. The van der Waals surface area contributed by atoms with Gasteiger partial charge in [-0.15, -0.1) is 0 Å². The zero-order chi connectivity index (χ0) is 20.5. The van der Waals surface area contributed by atoms with Gasteiger partial charge in [0.05, 0.1) is 5.69 Å².